The molecule has 6 rings (SSSR count). The van der Waals surface area contributed by atoms with E-state index in [-0.39, 0.29) is 11.2 Å². The van der Waals surface area contributed by atoms with Crippen molar-refractivity contribution < 1.29 is 19.7 Å². The van der Waals surface area contributed by atoms with Crippen molar-refractivity contribution in [2.24, 2.45) is 52.3 Å². The van der Waals surface area contributed by atoms with Crippen LogP contribution in [0.25, 0.3) is 0 Å². The second-order valence-electron chi connectivity index (χ2n) is 13.2. The van der Waals surface area contributed by atoms with E-state index in [0.29, 0.717) is 41.1 Å². The lowest BCUT2D eigenvalue weighted by Crippen LogP contribution is -2.57. The largest absolute Gasteiger partial charge is 0.390 e. The van der Waals surface area contributed by atoms with Crippen LogP contribution in [0.3, 0.4) is 0 Å². The molecule has 0 aromatic rings. The summed E-state index contributed by atoms with van der Waals surface area (Å²) in [4.78, 5) is 0. The minimum Gasteiger partial charge on any atom is -0.390 e. The van der Waals surface area contributed by atoms with E-state index in [1.54, 1.807) is 0 Å². The van der Waals surface area contributed by atoms with Crippen molar-refractivity contribution in [3.8, 4) is 0 Å². The fraction of sp³-hybridized carbons (Fsp3) is 1.00. The van der Waals surface area contributed by atoms with Crippen LogP contribution in [-0.2, 0) is 9.47 Å². The van der Waals surface area contributed by atoms with Gasteiger partial charge < -0.3 is 19.7 Å². The molecule has 0 bridgehead atoms. The quantitative estimate of drug-likeness (QED) is 0.579. The lowest BCUT2D eigenvalue weighted by atomic mass is 9.44. The van der Waals surface area contributed by atoms with Gasteiger partial charge in [0, 0.05) is 12.3 Å². The Hall–Kier alpha value is -0.160. The average Bonchev–Trinajstić information content (AvgIpc) is 3.16. The average molecular weight is 433 g/mol. The Bertz CT molecular complexity index is 716. The maximum atomic E-state index is 10.6. The van der Waals surface area contributed by atoms with E-state index in [2.05, 4.69) is 27.7 Å². The van der Waals surface area contributed by atoms with Crippen LogP contribution in [-0.4, -0.2) is 40.9 Å². The maximum absolute atomic E-state index is 10.6. The summed E-state index contributed by atoms with van der Waals surface area (Å²) in [5, 5.41) is 20.9. The van der Waals surface area contributed by atoms with Gasteiger partial charge in [0.2, 0.25) is 0 Å². The van der Waals surface area contributed by atoms with Gasteiger partial charge >= 0.3 is 0 Å². The summed E-state index contributed by atoms with van der Waals surface area (Å²) in [5.41, 5.74) is 0.550. The second kappa shape index (κ2) is 6.93. The Morgan fingerprint density at radius 2 is 1.65 bits per heavy atom. The third kappa shape index (κ3) is 2.80. The van der Waals surface area contributed by atoms with Crippen LogP contribution in [0.2, 0.25) is 0 Å². The molecule has 2 heterocycles. The zero-order valence-electron chi connectivity index (χ0n) is 20.1. The van der Waals surface area contributed by atoms with Crippen molar-refractivity contribution >= 4 is 0 Å². The van der Waals surface area contributed by atoms with Crippen LogP contribution >= 0.6 is 0 Å². The minimum absolute atomic E-state index is 0.191. The number of rotatable bonds is 0. The van der Waals surface area contributed by atoms with Crippen molar-refractivity contribution in [2.75, 3.05) is 6.61 Å². The van der Waals surface area contributed by atoms with Crippen molar-refractivity contribution in [1.29, 1.82) is 0 Å². The molecule has 1 spiro atoms. The van der Waals surface area contributed by atoms with E-state index in [0.717, 1.165) is 37.7 Å². The van der Waals surface area contributed by atoms with E-state index >= 15 is 0 Å². The molecule has 2 N–H and O–H groups in total. The van der Waals surface area contributed by atoms with Gasteiger partial charge in [0.25, 0.3) is 0 Å². The molecule has 176 valence electrons. The second-order valence-corrected chi connectivity index (χ2v) is 13.2. The molecule has 4 saturated carbocycles. The lowest BCUT2D eigenvalue weighted by molar-refractivity contribution is -0.273. The highest BCUT2D eigenvalue weighted by Crippen LogP contribution is 2.71. The lowest BCUT2D eigenvalue weighted by Gasteiger charge is -2.61. The van der Waals surface area contributed by atoms with Crippen LogP contribution in [0.4, 0.5) is 0 Å². The van der Waals surface area contributed by atoms with Crippen LogP contribution in [0, 0.1) is 52.3 Å². The van der Waals surface area contributed by atoms with Crippen molar-refractivity contribution in [2.45, 2.75) is 110 Å². The molecule has 0 radical (unpaired) electrons. The van der Waals surface area contributed by atoms with Gasteiger partial charge in [-0.05, 0) is 97.7 Å². The molecule has 4 aliphatic carbocycles. The molecular formula is C27H44O4. The number of aliphatic hydroxyl groups excluding tert-OH is 2. The molecule has 0 aromatic carbocycles. The Labute approximate surface area is 188 Å². The third-order valence-electron chi connectivity index (χ3n) is 12.0. The van der Waals surface area contributed by atoms with Gasteiger partial charge in [0.05, 0.1) is 24.9 Å². The van der Waals surface area contributed by atoms with Gasteiger partial charge in [-0.2, -0.15) is 0 Å². The fourth-order valence-corrected chi connectivity index (χ4v) is 10.3. The number of hydrogen-bond donors (Lipinski definition) is 2. The fourth-order valence-electron chi connectivity index (χ4n) is 10.3. The highest BCUT2D eigenvalue weighted by molar-refractivity contribution is 5.15. The number of fused-ring (bicyclic) bond motifs is 7. The monoisotopic (exact) mass is 432 g/mol. The molecule has 0 aromatic heterocycles. The van der Waals surface area contributed by atoms with Crippen LogP contribution < -0.4 is 0 Å². The molecule has 2 saturated heterocycles. The zero-order valence-corrected chi connectivity index (χ0v) is 20.1. The van der Waals surface area contributed by atoms with Crippen molar-refractivity contribution in [3.63, 3.8) is 0 Å². The molecule has 6 aliphatic rings. The summed E-state index contributed by atoms with van der Waals surface area (Å²) in [6.45, 7) is 10.6. The molecule has 2 aliphatic heterocycles. The first-order valence-electron chi connectivity index (χ1n) is 13.4. The number of hydrogen-bond acceptors (Lipinski definition) is 4. The van der Waals surface area contributed by atoms with Gasteiger partial charge in [-0.25, -0.2) is 0 Å². The predicted octanol–water partition coefficient (Wildman–Crippen LogP) is 4.76. The Morgan fingerprint density at radius 1 is 0.839 bits per heavy atom. The Balaban J connectivity index is 1.26. The zero-order chi connectivity index (χ0) is 21.8. The smallest absolute Gasteiger partial charge is 0.171 e. The van der Waals surface area contributed by atoms with E-state index in [9.17, 15) is 10.2 Å². The Morgan fingerprint density at radius 3 is 2.39 bits per heavy atom. The first kappa shape index (κ1) is 21.4. The van der Waals surface area contributed by atoms with Gasteiger partial charge in [-0.15, -0.1) is 0 Å². The summed E-state index contributed by atoms with van der Waals surface area (Å²) >= 11 is 0. The van der Waals surface area contributed by atoms with Crippen molar-refractivity contribution in [1.82, 2.24) is 0 Å². The maximum Gasteiger partial charge on any atom is 0.171 e. The summed E-state index contributed by atoms with van der Waals surface area (Å²) in [6, 6.07) is 0. The third-order valence-corrected chi connectivity index (χ3v) is 12.0. The molecule has 0 amide bonds. The predicted molar refractivity (Wildman–Crippen MR) is 119 cm³/mol. The van der Waals surface area contributed by atoms with Gasteiger partial charge in [-0.3, -0.25) is 0 Å². The first-order valence-corrected chi connectivity index (χ1v) is 13.4. The minimum atomic E-state index is -0.537. The topological polar surface area (TPSA) is 58.9 Å². The molecule has 13 atom stereocenters. The first-order chi connectivity index (χ1) is 14.7. The van der Waals surface area contributed by atoms with E-state index in [1.807, 2.05) is 0 Å². The molecule has 6 unspecified atom stereocenters. The molecular weight excluding hydrogens is 388 g/mol. The summed E-state index contributed by atoms with van der Waals surface area (Å²) < 4.78 is 13.3. The van der Waals surface area contributed by atoms with E-state index < -0.39 is 12.2 Å². The van der Waals surface area contributed by atoms with Crippen LogP contribution in [0.1, 0.15) is 85.5 Å². The number of ether oxygens (including phenoxy) is 2. The highest BCUT2D eigenvalue weighted by atomic mass is 16.7. The normalized spacial score (nSPS) is 63.3. The molecule has 31 heavy (non-hydrogen) atoms. The van der Waals surface area contributed by atoms with Crippen LogP contribution in [0.15, 0.2) is 0 Å². The van der Waals surface area contributed by atoms with E-state index in [4.69, 9.17) is 9.47 Å². The van der Waals surface area contributed by atoms with Crippen LogP contribution in [0.5, 0.6) is 0 Å². The highest BCUT2D eigenvalue weighted by Gasteiger charge is 2.69. The summed E-state index contributed by atoms with van der Waals surface area (Å²) in [7, 11) is 0. The van der Waals surface area contributed by atoms with Crippen molar-refractivity contribution in [3.05, 3.63) is 0 Å². The van der Waals surface area contributed by atoms with E-state index in [1.165, 1.54) is 38.5 Å². The standard InChI is InChI=1S/C27H44O4/c1-15-7-10-27(30-14-15)16(2)24-23(31-27)12-20-18-6-5-17-11-21(28)22(29)13-26(17,4)19(18)8-9-25(20,24)3/h15-24,28-29H,5-14H2,1-4H3/t15?,16-,17-,18?,19?,20?,21+,22+,23?,24?,25-,26-,27+/m0/s1. The summed E-state index contributed by atoms with van der Waals surface area (Å²) in [5.74, 6) is 4.21. The van der Waals surface area contributed by atoms with Gasteiger partial charge in [-0.1, -0.05) is 27.7 Å². The molecule has 6 fully saturated rings. The SMILES string of the molecule is CC1CC[C@@]2(OC1)OC1CC3C4CC[C@H]5C[C@@H](O)[C@H](O)C[C@]5(C)C4CC[C@]3(C)C1[C@@H]2C. The molecule has 4 nitrogen and oxygen atoms in total. The number of aliphatic hydroxyl groups is 2. The Kier molecular flexibility index (Phi) is 4.78. The molecule has 4 heteroatoms. The van der Waals surface area contributed by atoms with Gasteiger partial charge in [0.15, 0.2) is 5.79 Å². The summed E-state index contributed by atoms with van der Waals surface area (Å²) in [6.07, 6.45) is 9.51. The van der Waals surface area contributed by atoms with Gasteiger partial charge in [0.1, 0.15) is 0 Å².